The van der Waals surface area contributed by atoms with Crippen LogP contribution in [-0.2, 0) is 20.8 Å². The number of thiophene rings is 1. The second-order valence-corrected chi connectivity index (χ2v) is 5.62. The Morgan fingerprint density at radius 1 is 1.47 bits per heavy atom. The molecule has 1 aliphatic rings. The molecule has 2 rings (SSSR count). The van der Waals surface area contributed by atoms with Crippen molar-refractivity contribution in [2.24, 2.45) is 5.92 Å². The van der Waals surface area contributed by atoms with Crippen LogP contribution in [0.5, 0.6) is 0 Å². The third kappa shape index (κ3) is 3.77. The van der Waals surface area contributed by atoms with Crippen LogP contribution in [0.15, 0.2) is 16.8 Å². The Kier molecular flexibility index (Phi) is 5.78. The lowest BCUT2D eigenvalue weighted by atomic mass is 9.91. The van der Waals surface area contributed by atoms with Gasteiger partial charge >= 0.3 is 0 Å². The highest BCUT2D eigenvalue weighted by Crippen LogP contribution is 2.32. The molecule has 1 aromatic heterocycles. The van der Waals surface area contributed by atoms with Crippen molar-refractivity contribution in [3.05, 3.63) is 22.4 Å². The van der Waals surface area contributed by atoms with Crippen LogP contribution >= 0.6 is 11.3 Å². The normalized spacial score (nSPS) is 22.5. The molecule has 0 bridgehead atoms. The molecule has 1 aromatic rings. The van der Waals surface area contributed by atoms with Crippen molar-refractivity contribution >= 4 is 11.3 Å². The van der Waals surface area contributed by atoms with E-state index in [1.54, 1.807) is 25.6 Å². The van der Waals surface area contributed by atoms with Gasteiger partial charge in [0.15, 0.2) is 5.79 Å². The second kappa shape index (κ2) is 7.36. The van der Waals surface area contributed by atoms with Crippen LogP contribution in [0.4, 0.5) is 0 Å². The maximum absolute atomic E-state index is 5.62. The molecule has 0 saturated carbocycles. The molecule has 2 heterocycles. The van der Waals surface area contributed by atoms with Gasteiger partial charge in [0.2, 0.25) is 0 Å². The molecular weight excluding hydrogens is 262 g/mol. The van der Waals surface area contributed by atoms with Crippen molar-refractivity contribution < 1.29 is 14.2 Å². The first-order chi connectivity index (χ1) is 9.30. The number of ether oxygens (including phenoxy) is 3. The summed E-state index contributed by atoms with van der Waals surface area (Å²) in [5, 5.41) is 7.74. The van der Waals surface area contributed by atoms with Gasteiger partial charge in [-0.1, -0.05) is 0 Å². The summed E-state index contributed by atoms with van der Waals surface area (Å²) in [7, 11) is 3.45. The Hall–Kier alpha value is -0.460. The number of rotatable bonds is 7. The first-order valence-electron chi connectivity index (χ1n) is 6.70. The van der Waals surface area contributed by atoms with Gasteiger partial charge in [-0.3, -0.25) is 0 Å². The van der Waals surface area contributed by atoms with Gasteiger partial charge < -0.3 is 19.5 Å². The summed E-state index contributed by atoms with van der Waals surface area (Å²) < 4.78 is 16.8. The van der Waals surface area contributed by atoms with Gasteiger partial charge in [0.1, 0.15) is 0 Å². The minimum absolute atomic E-state index is 0.284. The van der Waals surface area contributed by atoms with Crippen LogP contribution < -0.4 is 5.32 Å². The zero-order chi connectivity index (χ0) is 13.6. The third-order valence-corrected chi connectivity index (χ3v) is 4.54. The van der Waals surface area contributed by atoms with Crippen LogP contribution in [0.3, 0.4) is 0 Å². The summed E-state index contributed by atoms with van der Waals surface area (Å²) >= 11 is 1.73. The fourth-order valence-electron chi connectivity index (χ4n) is 2.60. The van der Waals surface area contributed by atoms with Gasteiger partial charge in [0.05, 0.1) is 13.2 Å². The number of hydrogen-bond donors (Lipinski definition) is 1. The summed E-state index contributed by atoms with van der Waals surface area (Å²) in [5.74, 6) is -0.186. The Bertz CT molecular complexity index is 352. The van der Waals surface area contributed by atoms with E-state index in [2.05, 4.69) is 22.1 Å². The van der Waals surface area contributed by atoms with Crippen LogP contribution in [0, 0.1) is 5.92 Å². The van der Waals surface area contributed by atoms with Crippen molar-refractivity contribution in [3.8, 4) is 0 Å². The predicted octanol–water partition coefficient (Wildman–Crippen LogP) is 2.25. The van der Waals surface area contributed by atoms with Crippen molar-refractivity contribution in [1.29, 1.82) is 0 Å². The highest BCUT2D eigenvalue weighted by atomic mass is 32.1. The van der Waals surface area contributed by atoms with E-state index >= 15 is 0 Å². The maximum atomic E-state index is 5.62. The lowest BCUT2D eigenvalue weighted by Gasteiger charge is -2.41. The highest BCUT2D eigenvalue weighted by molar-refractivity contribution is 7.07. The summed E-state index contributed by atoms with van der Waals surface area (Å²) in [6.45, 7) is 3.28. The molecule has 1 unspecified atom stereocenters. The number of nitrogens with one attached hydrogen (secondary N) is 1. The van der Waals surface area contributed by atoms with Crippen LogP contribution in [0.25, 0.3) is 0 Å². The second-order valence-electron chi connectivity index (χ2n) is 4.84. The van der Waals surface area contributed by atoms with E-state index < -0.39 is 5.79 Å². The molecule has 5 heteroatoms. The Labute approximate surface area is 119 Å². The Morgan fingerprint density at radius 3 is 3.00 bits per heavy atom. The monoisotopic (exact) mass is 285 g/mol. The van der Waals surface area contributed by atoms with Gasteiger partial charge in [0.25, 0.3) is 0 Å². The molecule has 1 aliphatic heterocycles. The molecule has 1 fully saturated rings. The Balaban J connectivity index is 1.76. The van der Waals surface area contributed by atoms with E-state index in [0.717, 1.165) is 25.9 Å². The topological polar surface area (TPSA) is 39.7 Å². The van der Waals surface area contributed by atoms with Gasteiger partial charge in [-0.15, -0.1) is 0 Å². The van der Waals surface area contributed by atoms with Crippen LogP contribution in [0.2, 0.25) is 0 Å². The lowest BCUT2D eigenvalue weighted by Crippen LogP contribution is -2.49. The molecule has 108 valence electrons. The van der Waals surface area contributed by atoms with Crippen molar-refractivity contribution in [1.82, 2.24) is 5.32 Å². The van der Waals surface area contributed by atoms with E-state index in [1.807, 2.05) is 0 Å². The third-order valence-electron chi connectivity index (χ3n) is 3.81. The average molecular weight is 285 g/mol. The van der Waals surface area contributed by atoms with Crippen molar-refractivity contribution in [2.45, 2.75) is 25.2 Å². The Morgan fingerprint density at radius 2 is 2.32 bits per heavy atom. The van der Waals surface area contributed by atoms with E-state index in [4.69, 9.17) is 14.2 Å². The molecule has 19 heavy (non-hydrogen) atoms. The smallest absolute Gasteiger partial charge is 0.174 e. The molecular formula is C14H23NO3S. The molecule has 1 atom stereocenters. The minimum atomic E-state index is -0.470. The zero-order valence-corrected chi connectivity index (χ0v) is 12.5. The SMILES string of the molecule is COC1(OC)CCOCC1CCNCc1ccsc1. The quantitative estimate of drug-likeness (QED) is 0.616. The van der Waals surface area contributed by atoms with Gasteiger partial charge in [-0.25, -0.2) is 0 Å². The van der Waals surface area contributed by atoms with Gasteiger partial charge in [-0.2, -0.15) is 11.3 Å². The summed E-state index contributed by atoms with van der Waals surface area (Å²) in [6, 6.07) is 2.15. The molecule has 0 spiro atoms. The van der Waals surface area contributed by atoms with Crippen molar-refractivity contribution in [2.75, 3.05) is 34.0 Å². The van der Waals surface area contributed by atoms with E-state index in [0.29, 0.717) is 13.2 Å². The largest absolute Gasteiger partial charge is 0.381 e. The molecule has 0 aliphatic carbocycles. The zero-order valence-electron chi connectivity index (χ0n) is 11.7. The first-order valence-corrected chi connectivity index (χ1v) is 7.65. The molecule has 0 aromatic carbocycles. The van der Waals surface area contributed by atoms with E-state index in [1.165, 1.54) is 5.56 Å². The fourth-order valence-corrected chi connectivity index (χ4v) is 3.27. The molecule has 1 N–H and O–H groups in total. The van der Waals surface area contributed by atoms with Crippen LogP contribution in [-0.4, -0.2) is 39.8 Å². The first kappa shape index (κ1) is 14.9. The lowest BCUT2D eigenvalue weighted by molar-refractivity contribution is -0.276. The summed E-state index contributed by atoms with van der Waals surface area (Å²) in [4.78, 5) is 0. The maximum Gasteiger partial charge on any atom is 0.174 e. The van der Waals surface area contributed by atoms with Crippen LogP contribution in [0.1, 0.15) is 18.4 Å². The minimum Gasteiger partial charge on any atom is -0.381 e. The molecule has 0 amide bonds. The highest BCUT2D eigenvalue weighted by Gasteiger charge is 2.41. The van der Waals surface area contributed by atoms with Gasteiger partial charge in [0, 0.05) is 33.1 Å². The van der Waals surface area contributed by atoms with E-state index in [-0.39, 0.29) is 5.92 Å². The van der Waals surface area contributed by atoms with E-state index in [9.17, 15) is 0 Å². The number of methoxy groups -OCH3 is 2. The standard InChI is InChI=1S/C14H23NO3S/c1-16-14(17-2)5-7-18-10-13(14)3-6-15-9-12-4-8-19-11-12/h4,8,11,13,15H,3,5-7,9-10H2,1-2H3. The van der Waals surface area contributed by atoms with Gasteiger partial charge in [-0.05, 0) is 35.4 Å². The van der Waals surface area contributed by atoms with Crippen molar-refractivity contribution in [3.63, 3.8) is 0 Å². The molecule has 0 radical (unpaired) electrons. The predicted molar refractivity (Wildman–Crippen MR) is 76.3 cm³/mol. The number of hydrogen-bond acceptors (Lipinski definition) is 5. The fraction of sp³-hybridized carbons (Fsp3) is 0.714. The summed E-state index contributed by atoms with van der Waals surface area (Å²) in [6.07, 6.45) is 1.79. The molecule has 1 saturated heterocycles. The average Bonchev–Trinajstić information content (AvgIpc) is 2.97. The summed E-state index contributed by atoms with van der Waals surface area (Å²) in [5.41, 5.74) is 1.34. The molecule has 4 nitrogen and oxygen atoms in total.